The average Bonchev–Trinajstić information content (AvgIpc) is 3.00. The van der Waals surface area contributed by atoms with Crippen LogP contribution in [0.25, 0.3) is 0 Å². The summed E-state index contributed by atoms with van der Waals surface area (Å²) < 4.78 is 24.1. The van der Waals surface area contributed by atoms with Crippen molar-refractivity contribution in [1.82, 2.24) is 10.6 Å². The highest BCUT2D eigenvalue weighted by Gasteiger charge is 2.57. The lowest BCUT2D eigenvalue weighted by molar-refractivity contribution is -0.124. The van der Waals surface area contributed by atoms with Crippen molar-refractivity contribution >= 4 is 5.91 Å². The van der Waals surface area contributed by atoms with E-state index in [1.165, 1.54) is 0 Å². The predicted molar refractivity (Wildman–Crippen MR) is 57.7 cm³/mol. The number of piperidine rings is 1. The summed E-state index contributed by atoms with van der Waals surface area (Å²) in [6, 6.07) is 0. The molecule has 4 nitrogen and oxygen atoms in total. The maximum absolute atomic E-state index is 12.0. The topological polar surface area (TPSA) is 61.4 Å². The fourth-order valence-electron chi connectivity index (χ4n) is 2.61. The Morgan fingerprint density at radius 2 is 2.12 bits per heavy atom. The molecular formula is C11H18F2N2O2. The Labute approximate surface area is 98.8 Å². The summed E-state index contributed by atoms with van der Waals surface area (Å²) in [7, 11) is 0. The van der Waals surface area contributed by atoms with Crippen molar-refractivity contribution in [2.75, 3.05) is 19.6 Å². The number of hydrogen-bond acceptors (Lipinski definition) is 3. The largest absolute Gasteiger partial charge is 0.385 e. The van der Waals surface area contributed by atoms with Crippen LogP contribution < -0.4 is 10.6 Å². The second-order valence-electron chi connectivity index (χ2n) is 5.02. The molecule has 1 heterocycles. The van der Waals surface area contributed by atoms with Gasteiger partial charge in [-0.15, -0.1) is 0 Å². The second kappa shape index (κ2) is 4.86. The van der Waals surface area contributed by atoms with Crippen molar-refractivity contribution in [1.29, 1.82) is 0 Å². The molecule has 0 radical (unpaired) electrons. The maximum Gasteiger partial charge on any atom is 0.265 e. The van der Waals surface area contributed by atoms with E-state index in [0.29, 0.717) is 0 Å². The number of carbonyl (C=O) groups excluding carboxylic acids is 1. The van der Waals surface area contributed by atoms with Crippen LogP contribution in [0.5, 0.6) is 0 Å². The Morgan fingerprint density at radius 3 is 2.71 bits per heavy atom. The Balaban J connectivity index is 1.75. The average molecular weight is 248 g/mol. The quantitative estimate of drug-likeness (QED) is 0.662. The summed E-state index contributed by atoms with van der Waals surface area (Å²) >= 11 is 0. The van der Waals surface area contributed by atoms with Gasteiger partial charge in [-0.3, -0.25) is 4.79 Å². The molecule has 0 aromatic carbocycles. The molecule has 98 valence electrons. The summed E-state index contributed by atoms with van der Waals surface area (Å²) in [6.07, 6.45) is -1.76. The molecule has 0 aromatic rings. The van der Waals surface area contributed by atoms with Gasteiger partial charge >= 0.3 is 0 Å². The van der Waals surface area contributed by atoms with Gasteiger partial charge in [-0.2, -0.15) is 0 Å². The van der Waals surface area contributed by atoms with Gasteiger partial charge in [0.2, 0.25) is 5.91 Å². The smallest absolute Gasteiger partial charge is 0.265 e. The predicted octanol–water partition coefficient (Wildman–Crippen LogP) is 0.118. The zero-order chi connectivity index (χ0) is 12.5. The minimum absolute atomic E-state index is 0.0468. The van der Waals surface area contributed by atoms with Gasteiger partial charge in [-0.25, -0.2) is 8.78 Å². The van der Waals surface area contributed by atoms with Gasteiger partial charge in [0.1, 0.15) is 6.10 Å². The molecule has 2 fully saturated rings. The fraction of sp³-hybridized carbons (Fsp3) is 0.909. The monoisotopic (exact) mass is 248 g/mol. The van der Waals surface area contributed by atoms with Crippen LogP contribution >= 0.6 is 0 Å². The molecule has 2 atom stereocenters. The molecule has 1 aliphatic heterocycles. The van der Waals surface area contributed by atoms with Gasteiger partial charge in [0.05, 0.1) is 0 Å². The minimum Gasteiger partial charge on any atom is -0.385 e. The van der Waals surface area contributed by atoms with Crippen molar-refractivity contribution in [3.8, 4) is 0 Å². The van der Waals surface area contributed by atoms with Gasteiger partial charge in [-0.1, -0.05) is 0 Å². The lowest BCUT2D eigenvalue weighted by Crippen LogP contribution is -2.38. The van der Waals surface area contributed by atoms with Crippen LogP contribution in [0.15, 0.2) is 0 Å². The highest BCUT2D eigenvalue weighted by Crippen LogP contribution is 2.58. The Bertz CT molecular complexity index is 293. The molecule has 6 heteroatoms. The molecule has 17 heavy (non-hydrogen) atoms. The van der Waals surface area contributed by atoms with Crippen molar-refractivity contribution in [3.63, 3.8) is 0 Å². The van der Waals surface area contributed by atoms with Crippen LogP contribution in [-0.2, 0) is 4.79 Å². The summed E-state index contributed by atoms with van der Waals surface area (Å²) in [5.74, 6) is -0.235. The molecule has 3 N–H and O–H groups in total. The second-order valence-corrected chi connectivity index (χ2v) is 5.02. The number of aliphatic hydroxyl groups excluding tert-OH is 1. The highest BCUT2D eigenvalue weighted by molar-refractivity contribution is 5.82. The Kier molecular flexibility index (Phi) is 3.63. The van der Waals surface area contributed by atoms with Crippen molar-refractivity contribution in [2.45, 2.75) is 31.8 Å². The van der Waals surface area contributed by atoms with Gasteiger partial charge < -0.3 is 15.7 Å². The molecule has 2 aliphatic rings. The molecule has 1 amide bonds. The number of amides is 1. The first-order valence-electron chi connectivity index (χ1n) is 6.00. The molecule has 0 aromatic heterocycles. The van der Waals surface area contributed by atoms with Crippen molar-refractivity contribution in [2.24, 2.45) is 11.3 Å². The molecule has 2 rings (SSSR count). The van der Waals surface area contributed by atoms with Crippen molar-refractivity contribution < 1.29 is 18.7 Å². The summed E-state index contributed by atoms with van der Waals surface area (Å²) in [5.41, 5.74) is 0.102. The highest BCUT2D eigenvalue weighted by atomic mass is 19.3. The first-order chi connectivity index (χ1) is 8.05. The van der Waals surface area contributed by atoms with Crippen LogP contribution in [0.1, 0.15) is 19.3 Å². The first-order valence-corrected chi connectivity index (χ1v) is 6.00. The number of alkyl halides is 2. The SMILES string of the molecule is O=C(NCC(O)C(F)F)C1CC12CCNCC2. The number of aliphatic hydroxyl groups is 1. The summed E-state index contributed by atoms with van der Waals surface area (Å²) in [4.78, 5) is 11.7. The lowest BCUT2D eigenvalue weighted by Gasteiger charge is -2.23. The van der Waals surface area contributed by atoms with E-state index in [-0.39, 0.29) is 23.8 Å². The summed E-state index contributed by atoms with van der Waals surface area (Å²) in [5, 5.41) is 14.5. The standard InChI is InChI=1S/C11H18F2N2O2/c12-9(13)8(16)6-15-10(17)7-5-11(7)1-3-14-4-2-11/h7-9,14,16H,1-6H2,(H,15,17). The first kappa shape index (κ1) is 12.7. The summed E-state index contributed by atoms with van der Waals surface area (Å²) in [6.45, 7) is 1.48. The van der Waals surface area contributed by atoms with Gasteiger partial charge in [0, 0.05) is 12.5 Å². The minimum atomic E-state index is -2.80. The number of hydrogen-bond donors (Lipinski definition) is 3. The van der Waals surface area contributed by atoms with Gasteiger partial charge in [0.25, 0.3) is 6.43 Å². The van der Waals surface area contributed by atoms with E-state index >= 15 is 0 Å². The maximum atomic E-state index is 12.0. The van der Waals surface area contributed by atoms with Crippen LogP contribution in [0, 0.1) is 11.3 Å². The van der Waals surface area contributed by atoms with Gasteiger partial charge in [-0.05, 0) is 37.8 Å². The van der Waals surface area contributed by atoms with E-state index in [4.69, 9.17) is 5.11 Å². The normalized spacial score (nSPS) is 28.1. The van der Waals surface area contributed by atoms with E-state index < -0.39 is 12.5 Å². The van der Waals surface area contributed by atoms with Crippen LogP contribution in [0.4, 0.5) is 8.78 Å². The van der Waals surface area contributed by atoms with Crippen LogP contribution in [0.2, 0.25) is 0 Å². The van der Waals surface area contributed by atoms with Gasteiger partial charge in [0.15, 0.2) is 0 Å². The Hall–Kier alpha value is -0.750. The molecule has 1 saturated carbocycles. The Morgan fingerprint density at radius 1 is 1.47 bits per heavy atom. The zero-order valence-electron chi connectivity index (χ0n) is 9.59. The van der Waals surface area contributed by atoms with E-state index in [1.807, 2.05) is 0 Å². The van der Waals surface area contributed by atoms with Crippen molar-refractivity contribution in [3.05, 3.63) is 0 Å². The van der Waals surface area contributed by atoms with E-state index in [0.717, 1.165) is 32.4 Å². The molecule has 1 aliphatic carbocycles. The third kappa shape index (κ3) is 2.74. The molecular weight excluding hydrogens is 230 g/mol. The van der Waals surface area contributed by atoms with E-state index in [9.17, 15) is 13.6 Å². The van der Waals surface area contributed by atoms with E-state index in [1.54, 1.807) is 0 Å². The third-order valence-electron chi connectivity index (χ3n) is 3.88. The van der Waals surface area contributed by atoms with E-state index in [2.05, 4.69) is 10.6 Å². The fourth-order valence-corrected chi connectivity index (χ4v) is 2.61. The molecule has 1 saturated heterocycles. The number of nitrogens with one attached hydrogen (secondary N) is 2. The lowest BCUT2D eigenvalue weighted by atomic mass is 9.92. The molecule has 0 bridgehead atoms. The van der Waals surface area contributed by atoms with Crippen LogP contribution in [-0.4, -0.2) is 43.2 Å². The number of halogens is 2. The number of carbonyl (C=O) groups is 1. The molecule has 2 unspecified atom stereocenters. The molecule has 1 spiro atoms. The third-order valence-corrected chi connectivity index (χ3v) is 3.88. The van der Waals surface area contributed by atoms with Crippen LogP contribution in [0.3, 0.4) is 0 Å². The number of rotatable bonds is 4. The zero-order valence-corrected chi connectivity index (χ0v) is 9.59.